The van der Waals surface area contributed by atoms with Crippen molar-refractivity contribution in [2.75, 3.05) is 46.8 Å². The molecule has 0 spiro atoms. The van der Waals surface area contributed by atoms with Crippen LogP contribution in [0.4, 0.5) is 0 Å². The predicted octanol–water partition coefficient (Wildman–Crippen LogP) is 0.868. The molecule has 2 heterocycles. The van der Waals surface area contributed by atoms with Gasteiger partial charge in [-0.25, -0.2) is 0 Å². The van der Waals surface area contributed by atoms with E-state index in [1.807, 2.05) is 0 Å². The third-order valence-corrected chi connectivity index (χ3v) is 4.26. The van der Waals surface area contributed by atoms with Crippen LogP contribution in [0.25, 0.3) is 0 Å². The molecule has 0 aromatic heterocycles. The Hall–Kier alpha value is -0.120. The van der Waals surface area contributed by atoms with Gasteiger partial charge in [0, 0.05) is 25.7 Å². The lowest BCUT2D eigenvalue weighted by Gasteiger charge is -2.26. The molecule has 3 nitrogen and oxygen atoms in total. The summed E-state index contributed by atoms with van der Waals surface area (Å²) in [6.07, 6.45) is 2.74. The molecule has 2 rings (SSSR count). The van der Waals surface area contributed by atoms with Crippen LogP contribution in [0.2, 0.25) is 0 Å². The van der Waals surface area contributed by atoms with Crippen LogP contribution in [-0.4, -0.2) is 62.7 Å². The van der Waals surface area contributed by atoms with Gasteiger partial charge in [-0.2, -0.15) is 0 Å². The summed E-state index contributed by atoms with van der Waals surface area (Å²) in [6, 6.07) is 0.726. The topological polar surface area (TPSA) is 18.5 Å². The quantitative estimate of drug-likeness (QED) is 0.766. The SMILES string of the molecule is CC1CCNC1CN(C)CC1CCN(C)C1. The maximum Gasteiger partial charge on any atom is 0.0220 e. The van der Waals surface area contributed by atoms with Gasteiger partial charge in [-0.3, -0.25) is 0 Å². The number of likely N-dealkylation sites (tertiary alicyclic amines) is 1. The van der Waals surface area contributed by atoms with E-state index in [2.05, 4.69) is 36.1 Å². The molecule has 16 heavy (non-hydrogen) atoms. The Morgan fingerprint density at radius 1 is 1.31 bits per heavy atom. The standard InChI is InChI=1S/C13H27N3/c1-11-4-6-14-13(11)10-16(3)9-12-5-7-15(2)8-12/h11-14H,4-10H2,1-3H3. The van der Waals surface area contributed by atoms with E-state index >= 15 is 0 Å². The minimum Gasteiger partial charge on any atom is -0.312 e. The van der Waals surface area contributed by atoms with Crippen molar-refractivity contribution in [3.8, 4) is 0 Å². The maximum atomic E-state index is 3.62. The Balaban J connectivity index is 1.69. The minimum atomic E-state index is 0.726. The van der Waals surface area contributed by atoms with Crippen LogP contribution in [0, 0.1) is 11.8 Å². The molecular formula is C13H27N3. The van der Waals surface area contributed by atoms with E-state index in [0.717, 1.165) is 17.9 Å². The molecule has 1 N–H and O–H groups in total. The lowest BCUT2D eigenvalue weighted by atomic mass is 10.0. The van der Waals surface area contributed by atoms with Crippen LogP contribution in [0.15, 0.2) is 0 Å². The Bertz CT molecular complexity index is 219. The molecule has 2 saturated heterocycles. The number of likely N-dealkylation sites (N-methyl/N-ethyl adjacent to an activating group) is 1. The lowest BCUT2D eigenvalue weighted by Crippen LogP contribution is -2.40. The summed E-state index contributed by atoms with van der Waals surface area (Å²) in [5.41, 5.74) is 0. The van der Waals surface area contributed by atoms with Gasteiger partial charge in [-0.05, 0) is 51.9 Å². The Kier molecular flexibility index (Phi) is 4.22. The van der Waals surface area contributed by atoms with Crippen molar-refractivity contribution in [1.82, 2.24) is 15.1 Å². The summed E-state index contributed by atoms with van der Waals surface area (Å²) in [6.45, 7) is 8.67. The van der Waals surface area contributed by atoms with E-state index in [0.29, 0.717) is 0 Å². The van der Waals surface area contributed by atoms with Gasteiger partial charge in [0.15, 0.2) is 0 Å². The average molecular weight is 225 g/mol. The zero-order chi connectivity index (χ0) is 11.5. The van der Waals surface area contributed by atoms with E-state index in [-0.39, 0.29) is 0 Å². The first-order chi connectivity index (χ1) is 7.65. The van der Waals surface area contributed by atoms with Crippen molar-refractivity contribution in [2.24, 2.45) is 11.8 Å². The highest BCUT2D eigenvalue weighted by molar-refractivity contribution is 4.84. The number of hydrogen-bond donors (Lipinski definition) is 1. The summed E-state index contributed by atoms with van der Waals surface area (Å²) in [7, 11) is 4.52. The second kappa shape index (κ2) is 5.48. The molecule has 3 unspecified atom stereocenters. The van der Waals surface area contributed by atoms with Crippen LogP contribution in [0.1, 0.15) is 19.8 Å². The second-order valence-corrected chi connectivity index (χ2v) is 5.96. The van der Waals surface area contributed by atoms with Crippen LogP contribution in [0.5, 0.6) is 0 Å². The highest BCUT2D eigenvalue weighted by atomic mass is 15.2. The molecule has 3 atom stereocenters. The monoisotopic (exact) mass is 225 g/mol. The summed E-state index contributed by atoms with van der Waals surface area (Å²) in [4.78, 5) is 4.98. The number of rotatable bonds is 4. The third kappa shape index (κ3) is 3.19. The van der Waals surface area contributed by atoms with Gasteiger partial charge in [0.1, 0.15) is 0 Å². The summed E-state index contributed by atoms with van der Waals surface area (Å²) in [5.74, 6) is 1.75. The second-order valence-electron chi connectivity index (χ2n) is 5.96. The van der Waals surface area contributed by atoms with E-state index in [1.54, 1.807) is 0 Å². The third-order valence-electron chi connectivity index (χ3n) is 4.26. The first kappa shape index (κ1) is 12.3. The predicted molar refractivity (Wildman–Crippen MR) is 68.7 cm³/mol. The van der Waals surface area contributed by atoms with Crippen LogP contribution in [0.3, 0.4) is 0 Å². The summed E-state index contributed by atoms with van der Waals surface area (Å²) in [5, 5.41) is 3.62. The Morgan fingerprint density at radius 2 is 2.12 bits per heavy atom. The molecule has 0 aromatic carbocycles. The van der Waals surface area contributed by atoms with E-state index in [4.69, 9.17) is 0 Å². The van der Waals surface area contributed by atoms with Crippen molar-refractivity contribution >= 4 is 0 Å². The van der Waals surface area contributed by atoms with Crippen LogP contribution < -0.4 is 5.32 Å². The fourth-order valence-corrected chi connectivity index (χ4v) is 3.17. The fourth-order valence-electron chi connectivity index (χ4n) is 3.17. The molecule has 3 heteroatoms. The average Bonchev–Trinajstić information content (AvgIpc) is 2.77. The number of nitrogens with one attached hydrogen (secondary N) is 1. The molecule has 0 saturated carbocycles. The Morgan fingerprint density at radius 3 is 2.69 bits per heavy atom. The normalized spacial score (nSPS) is 36.4. The number of nitrogens with zero attached hydrogens (tertiary/aromatic N) is 2. The molecule has 94 valence electrons. The molecule has 0 radical (unpaired) electrons. The van der Waals surface area contributed by atoms with Gasteiger partial charge in [0.05, 0.1) is 0 Å². The smallest absolute Gasteiger partial charge is 0.0220 e. The van der Waals surface area contributed by atoms with E-state index < -0.39 is 0 Å². The molecule has 2 fully saturated rings. The van der Waals surface area contributed by atoms with Crippen molar-refractivity contribution < 1.29 is 0 Å². The zero-order valence-corrected chi connectivity index (χ0v) is 11.1. The molecular weight excluding hydrogens is 198 g/mol. The van der Waals surface area contributed by atoms with Crippen molar-refractivity contribution in [2.45, 2.75) is 25.8 Å². The fraction of sp³-hybridized carbons (Fsp3) is 1.00. The van der Waals surface area contributed by atoms with Gasteiger partial charge in [-0.15, -0.1) is 0 Å². The highest BCUT2D eigenvalue weighted by Crippen LogP contribution is 2.18. The van der Waals surface area contributed by atoms with Crippen molar-refractivity contribution in [3.63, 3.8) is 0 Å². The largest absolute Gasteiger partial charge is 0.312 e. The van der Waals surface area contributed by atoms with Crippen molar-refractivity contribution in [3.05, 3.63) is 0 Å². The molecule has 0 amide bonds. The van der Waals surface area contributed by atoms with Gasteiger partial charge in [0.2, 0.25) is 0 Å². The molecule has 0 aliphatic carbocycles. The van der Waals surface area contributed by atoms with Gasteiger partial charge in [0.25, 0.3) is 0 Å². The van der Waals surface area contributed by atoms with Gasteiger partial charge in [-0.1, -0.05) is 6.92 Å². The molecule has 0 aromatic rings. The lowest BCUT2D eigenvalue weighted by molar-refractivity contribution is 0.239. The molecule has 2 aliphatic rings. The first-order valence-corrected chi connectivity index (χ1v) is 6.75. The van der Waals surface area contributed by atoms with Gasteiger partial charge < -0.3 is 15.1 Å². The van der Waals surface area contributed by atoms with Crippen LogP contribution >= 0.6 is 0 Å². The number of hydrogen-bond acceptors (Lipinski definition) is 3. The van der Waals surface area contributed by atoms with E-state index in [1.165, 1.54) is 45.6 Å². The van der Waals surface area contributed by atoms with Gasteiger partial charge >= 0.3 is 0 Å². The summed E-state index contributed by atoms with van der Waals surface area (Å²) < 4.78 is 0. The Labute approximate surface area is 100 Å². The van der Waals surface area contributed by atoms with Crippen molar-refractivity contribution in [1.29, 1.82) is 0 Å². The van der Waals surface area contributed by atoms with Crippen LogP contribution in [-0.2, 0) is 0 Å². The molecule has 0 bridgehead atoms. The zero-order valence-electron chi connectivity index (χ0n) is 11.1. The van der Waals surface area contributed by atoms with E-state index in [9.17, 15) is 0 Å². The maximum absolute atomic E-state index is 3.62. The molecule has 2 aliphatic heterocycles. The minimum absolute atomic E-state index is 0.726. The highest BCUT2D eigenvalue weighted by Gasteiger charge is 2.26. The summed E-state index contributed by atoms with van der Waals surface area (Å²) >= 11 is 0. The first-order valence-electron chi connectivity index (χ1n) is 6.75.